The molecule has 0 aromatic heterocycles. The molecule has 0 saturated carbocycles. The third-order valence-electron chi connectivity index (χ3n) is 4.61. The summed E-state index contributed by atoms with van der Waals surface area (Å²) in [5.74, 6) is 0.276. The van der Waals surface area contributed by atoms with Crippen LogP contribution in [0.1, 0.15) is 24.4 Å². The highest BCUT2D eigenvalue weighted by molar-refractivity contribution is 8.00. The van der Waals surface area contributed by atoms with Gasteiger partial charge in [0.25, 0.3) is 0 Å². The highest BCUT2D eigenvalue weighted by atomic mass is 32.2. The minimum Gasteiger partial charge on any atom is -0.497 e. The van der Waals surface area contributed by atoms with Crippen molar-refractivity contribution in [3.05, 3.63) is 53.6 Å². The summed E-state index contributed by atoms with van der Waals surface area (Å²) in [5.41, 5.74) is 0.893. The molecule has 1 fully saturated rings. The lowest BCUT2D eigenvalue weighted by Crippen LogP contribution is -2.32. The first-order valence-corrected chi connectivity index (χ1v) is 9.61. The van der Waals surface area contributed by atoms with Crippen LogP contribution in [0.2, 0.25) is 0 Å². The van der Waals surface area contributed by atoms with Gasteiger partial charge in [0.1, 0.15) is 23.1 Å². The Morgan fingerprint density at radius 2 is 2.00 bits per heavy atom. The summed E-state index contributed by atoms with van der Waals surface area (Å²) in [7, 11) is 3.18. The lowest BCUT2D eigenvalue weighted by Gasteiger charge is -2.26. The van der Waals surface area contributed by atoms with E-state index in [9.17, 15) is 13.6 Å². The molecular formula is C20H21F2NO3S. The number of rotatable bonds is 6. The Hall–Kier alpha value is -2.28. The van der Waals surface area contributed by atoms with E-state index in [-0.39, 0.29) is 22.6 Å². The van der Waals surface area contributed by atoms with Gasteiger partial charge in [0.2, 0.25) is 5.91 Å². The van der Waals surface area contributed by atoms with Crippen molar-refractivity contribution in [2.24, 2.45) is 0 Å². The van der Waals surface area contributed by atoms with Crippen LogP contribution in [0, 0.1) is 11.6 Å². The summed E-state index contributed by atoms with van der Waals surface area (Å²) >= 11 is 1.01. The number of methoxy groups -OCH3 is 2. The Balaban J connectivity index is 1.76. The smallest absolute Gasteiger partial charge is 0.233 e. The van der Waals surface area contributed by atoms with Crippen molar-refractivity contribution in [1.82, 2.24) is 4.90 Å². The third-order valence-corrected chi connectivity index (χ3v) is 5.63. The van der Waals surface area contributed by atoms with E-state index >= 15 is 0 Å². The van der Waals surface area contributed by atoms with Crippen molar-refractivity contribution in [2.45, 2.75) is 23.8 Å². The van der Waals surface area contributed by atoms with Gasteiger partial charge in [-0.25, -0.2) is 8.78 Å². The lowest BCUT2D eigenvalue weighted by molar-refractivity contribution is -0.129. The van der Waals surface area contributed by atoms with Crippen molar-refractivity contribution >= 4 is 17.7 Å². The Kier molecular flexibility index (Phi) is 6.21. The van der Waals surface area contributed by atoms with Crippen molar-refractivity contribution in [1.29, 1.82) is 0 Å². The largest absolute Gasteiger partial charge is 0.497 e. The minimum atomic E-state index is -0.526. The van der Waals surface area contributed by atoms with Gasteiger partial charge < -0.3 is 14.4 Å². The van der Waals surface area contributed by atoms with Crippen LogP contribution in [0.3, 0.4) is 0 Å². The van der Waals surface area contributed by atoms with Crippen LogP contribution in [-0.4, -0.2) is 37.3 Å². The number of carbonyl (C=O) groups excluding carboxylic acids is 1. The van der Waals surface area contributed by atoms with Crippen LogP contribution in [0.5, 0.6) is 11.5 Å². The van der Waals surface area contributed by atoms with Gasteiger partial charge in [0, 0.05) is 17.0 Å². The molecule has 0 unspecified atom stereocenters. The molecule has 1 aliphatic heterocycles. The summed E-state index contributed by atoms with van der Waals surface area (Å²) in [6, 6.07) is 8.64. The molecule has 2 aromatic rings. The maximum absolute atomic E-state index is 13.8. The number of benzene rings is 2. The predicted octanol–water partition coefficient (Wildman–Crippen LogP) is 4.44. The van der Waals surface area contributed by atoms with Crippen LogP contribution in [0.15, 0.2) is 41.3 Å². The molecule has 0 N–H and O–H groups in total. The van der Waals surface area contributed by atoms with E-state index < -0.39 is 11.6 Å². The molecule has 1 aliphatic rings. The number of halogens is 2. The minimum absolute atomic E-state index is 0.0448. The molecule has 4 nitrogen and oxygen atoms in total. The number of ether oxygens (including phenoxy) is 2. The summed E-state index contributed by atoms with van der Waals surface area (Å²) in [4.78, 5) is 14.7. The molecule has 2 aromatic carbocycles. The molecule has 144 valence electrons. The monoisotopic (exact) mass is 393 g/mol. The number of amides is 1. The van der Waals surface area contributed by atoms with Gasteiger partial charge in [-0.2, -0.15) is 0 Å². The number of thioether (sulfide) groups is 1. The molecule has 27 heavy (non-hydrogen) atoms. The third kappa shape index (κ3) is 4.35. The second-order valence-electron chi connectivity index (χ2n) is 6.22. The zero-order chi connectivity index (χ0) is 19.4. The second-order valence-corrected chi connectivity index (χ2v) is 7.23. The molecule has 1 heterocycles. The Bertz CT molecular complexity index is 831. The number of likely N-dealkylation sites (tertiary alicyclic amines) is 1. The number of hydrogen-bond acceptors (Lipinski definition) is 4. The number of hydrogen-bond donors (Lipinski definition) is 0. The summed E-state index contributed by atoms with van der Waals surface area (Å²) < 4.78 is 37.8. The fraction of sp³-hybridized carbons (Fsp3) is 0.350. The molecule has 0 aliphatic carbocycles. The van der Waals surface area contributed by atoms with Gasteiger partial charge in [0.15, 0.2) is 0 Å². The molecule has 1 saturated heterocycles. The Morgan fingerprint density at radius 3 is 2.74 bits per heavy atom. The highest BCUT2D eigenvalue weighted by Gasteiger charge is 2.32. The molecule has 1 amide bonds. The van der Waals surface area contributed by atoms with E-state index in [1.54, 1.807) is 19.1 Å². The standard InChI is InChI=1S/C20H21F2NO3S/c1-25-14-6-8-18(26-2)15(11-14)17-4-3-9-23(17)20(24)12-27-19-10-13(21)5-7-16(19)22/h5-8,10-11,17H,3-4,9,12H2,1-2H3/t17-/m1/s1. The van der Waals surface area contributed by atoms with Gasteiger partial charge in [-0.15, -0.1) is 11.8 Å². The maximum atomic E-state index is 13.8. The Labute approximate surface area is 161 Å². The zero-order valence-electron chi connectivity index (χ0n) is 15.2. The van der Waals surface area contributed by atoms with E-state index in [0.717, 1.165) is 48.4 Å². The normalized spacial score (nSPS) is 16.4. The van der Waals surface area contributed by atoms with Crippen molar-refractivity contribution in [2.75, 3.05) is 26.5 Å². The Morgan fingerprint density at radius 1 is 1.19 bits per heavy atom. The van der Waals surface area contributed by atoms with Crippen molar-refractivity contribution in [3.8, 4) is 11.5 Å². The molecule has 0 bridgehead atoms. The first-order chi connectivity index (χ1) is 13.0. The van der Waals surface area contributed by atoms with Crippen LogP contribution in [0.4, 0.5) is 8.78 Å². The summed E-state index contributed by atoms with van der Waals surface area (Å²) in [5, 5.41) is 0. The molecular weight excluding hydrogens is 372 g/mol. The summed E-state index contributed by atoms with van der Waals surface area (Å²) in [6.07, 6.45) is 1.68. The first-order valence-electron chi connectivity index (χ1n) is 8.62. The average Bonchev–Trinajstić information content (AvgIpc) is 3.17. The second kappa shape index (κ2) is 8.61. The predicted molar refractivity (Wildman–Crippen MR) is 100 cm³/mol. The van der Waals surface area contributed by atoms with E-state index in [2.05, 4.69) is 0 Å². The topological polar surface area (TPSA) is 38.8 Å². The van der Waals surface area contributed by atoms with E-state index in [4.69, 9.17) is 9.47 Å². The van der Waals surface area contributed by atoms with Gasteiger partial charge in [-0.1, -0.05) is 0 Å². The first kappa shape index (κ1) is 19.5. The molecule has 0 radical (unpaired) electrons. The van der Waals surface area contributed by atoms with E-state index in [1.807, 2.05) is 18.2 Å². The van der Waals surface area contributed by atoms with Crippen molar-refractivity contribution in [3.63, 3.8) is 0 Å². The lowest BCUT2D eigenvalue weighted by atomic mass is 10.0. The zero-order valence-corrected chi connectivity index (χ0v) is 16.0. The fourth-order valence-electron chi connectivity index (χ4n) is 3.30. The maximum Gasteiger partial charge on any atom is 0.233 e. The summed E-state index contributed by atoms with van der Waals surface area (Å²) in [6.45, 7) is 0.621. The molecule has 0 spiro atoms. The van der Waals surface area contributed by atoms with E-state index in [0.29, 0.717) is 18.0 Å². The number of carbonyl (C=O) groups is 1. The van der Waals surface area contributed by atoms with Gasteiger partial charge in [0.05, 0.1) is 26.0 Å². The van der Waals surface area contributed by atoms with Gasteiger partial charge >= 0.3 is 0 Å². The van der Waals surface area contributed by atoms with Crippen LogP contribution < -0.4 is 9.47 Å². The van der Waals surface area contributed by atoms with E-state index in [1.165, 1.54) is 0 Å². The highest BCUT2D eigenvalue weighted by Crippen LogP contribution is 2.39. The van der Waals surface area contributed by atoms with Crippen LogP contribution >= 0.6 is 11.8 Å². The van der Waals surface area contributed by atoms with Crippen LogP contribution in [0.25, 0.3) is 0 Å². The van der Waals surface area contributed by atoms with Crippen molar-refractivity contribution < 1.29 is 23.0 Å². The fourth-order valence-corrected chi connectivity index (χ4v) is 4.15. The number of nitrogens with zero attached hydrogens (tertiary/aromatic N) is 1. The van der Waals surface area contributed by atoms with Gasteiger partial charge in [-0.05, 0) is 49.2 Å². The average molecular weight is 393 g/mol. The SMILES string of the molecule is COc1ccc(OC)c([C@H]2CCCN2C(=O)CSc2cc(F)ccc2F)c1. The van der Waals surface area contributed by atoms with Gasteiger partial charge in [-0.3, -0.25) is 4.79 Å². The molecule has 3 rings (SSSR count). The molecule has 1 atom stereocenters. The van der Waals surface area contributed by atoms with Crippen LogP contribution in [-0.2, 0) is 4.79 Å². The quantitative estimate of drug-likeness (QED) is 0.681. The molecule has 7 heteroatoms.